The monoisotopic (exact) mass is 304 g/mol. The van der Waals surface area contributed by atoms with Gasteiger partial charge in [0.1, 0.15) is 12.4 Å². The fourth-order valence-electron chi connectivity index (χ4n) is 2.67. The summed E-state index contributed by atoms with van der Waals surface area (Å²) >= 11 is 0. The maximum atomic E-state index is 12.3. The van der Waals surface area contributed by atoms with Gasteiger partial charge in [-0.05, 0) is 43.0 Å². The van der Waals surface area contributed by atoms with E-state index in [2.05, 4.69) is 19.2 Å². The zero-order chi connectivity index (χ0) is 15.8. The number of piperidine rings is 1. The van der Waals surface area contributed by atoms with Crippen LogP contribution in [0.2, 0.25) is 0 Å². The summed E-state index contributed by atoms with van der Waals surface area (Å²) in [6, 6.07) is 7.89. The third-order valence-corrected chi connectivity index (χ3v) is 4.21. The Hall–Kier alpha value is -1.55. The number of amides is 1. The first-order valence-electron chi connectivity index (χ1n) is 8.39. The van der Waals surface area contributed by atoms with E-state index in [1.165, 1.54) is 0 Å². The van der Waals surface area contributed by atoms with Crippen molar-refractivity contribution in [2.45, 2.75) is 33.1 Å². The zero-order valence-corrected chi connectivity index (χ0v) is 13.8. The number of ether oxygens (including phenoxy) is 1. The molecule has 0 aliphatic carbocycles. The number of carbonyl (C=O) groups is 1. The lowest BCUT2D eigenvalue weighted by molar-refractivity contribution is -0.131. The zero-order valence-electron chi connectivity index (χ0n) is 13.8. The molecule has 122 valence electrons. The van der Waals surface area contributed by atoms with E-state index in [9.17, 15) is 4.79 Å². The van der Waals surface area contributed by atoms with Gasteiger partial charge in [0, 0.05) is 19.6 Å². The van der Waals surface area contributed by atoms with Crippen molar-refractivity contribution < 1.29 is 9.53 Å². The van der Waals surface area contributed by atoms with Crippen LogP contribution in [0.25, 0.3) is 0 Å². The van der Waals surface area contributed by atoms with Crippen molar-refractivity contribution in [1.29, 1.82) is 0 Å². The Morgan fingerprint density at radius 3 is 2.59 bits per heavy atom. The molecule has 0 spiro atoms. The second kappa shape index (κ2) is 8.79. The Bertz CT molecular complexity index is 451. The van der Waals surface area contributed by atoms with Crippen LogP contribution < -0.4 is 10.1 Å². The predicted molar refractivity (Wildman–Crippen MR) is 89.2 cm³/mol. The number of nitrogens with zero attached hydrogens (tertiary/aromatic N) is 1. The third kappa shape index (κ3) is 5.34. The summed E-state index contributed by atoms with van der Waals surface area (Å²) in [6.07, 6.45) is 2.75. The summed E-state index contributed by atoms with van der Waals surface area (Å²) in [4.78, 5) is 14.3. The number of likely N-dealkylation sites (tertiary alicyclic amines) is 1. The van der Waals surface area contributed by atoms with Gasteiger partial charge >= 0.3 is 0 Å². The SMILES string of the molecule is CCNCCOc1ccc(CC(=O)N2CCC(C)CC2)cc1. The van der Waals surface area contributed by atoms with Crippen molar-refractivity contribution in [2.24, 2.45) is 5.92 Å². The van der Waals surface area contributed by atoms with Crippen LogP contribution in [0.15, 0.2) is 24.3 Å². The van der Waals surface area contributed by atoms with Gasteiger partial charge in [-0.15, -0.1) is 0 Å². The van der Waals surface area contributed by atoms with Gasteiger partial charge in [-0.3, -0.25) is 4.79 Å². The minimum absolute atomic E-state index is 0.243. The molecule has 4 nitrogen and oxygen atoms in total. The first kappa shape index (κ1) is 16.8. The highest BCUT2D eigenvalue weighted by molar-refractivity contribution is 5.78. The fraction of sp³-hybridized carbons (Fsp3) is 0.611. The average molecular weight is 304 g/mol. The molecule has 0 bridgehead atoms. The van der Waals surface area contributed by atoms with Crippen LogP contribution >= 0.6 is 0 Å². The Kier molecular flexibility index (Phi) is 6.72. The van der Waals surface area contributed by atoms with Gasteiger partial charge in [-0.25, -0.2) is 0 Å². The molecule has 2 rings (SSSR count). The summed E-state index contributed by atoms with van der Waals surface area (Å²) in [5.74, 6) is 1.86. The third-order valence-electron chi connectivity index (χ3n) is 4.21. The Balaban J connectivity index is 1.77. The van der Waals surface area contributed by atoms with Crippen molar-refractivity contribution in [3.8, 4) is 5.75 Å². The number of hydrogen-bond donors (Lipinski definition) is 1. The van der Waals surface area contributed by atoms with Gasteiger partial charge in [-0.1, -0.05) is 26.0 Å². The molecule has 4 heteroatoms. The summed E-state index contributed by atoms with van der Waals surface area (Å²) in [5, 5.41) is 3.22. The Morgan fingerprint density at radius 2 is 1.95 bits per heavy atom. The van der Waals surface area contributed by atoms with Crippen LogP contribution in [0.3, 0.4) is 0 Å². The normalized spacial score (nSPS) is 15.8. The standard InChI is InChI=1S/C18H28N2O2/c1-3-19-10-13-22-17-6-4-16(5-7-17)14-18(21)20-11-8-15(2)9-12-20/h4-7,15,19H,3,8-14H2,1-2H3. The van der Waals surface area contributed by atoms with E-state index in [0.717, 1.165) is 56.3 Å². The largest absolute Gasteiger partial charge is 0.492 e. The Morgan fingerprint density at radius 1 is 1.27 bits per heavy atom. The molecule has 1 fully saturated rings. The predicted octanol–water partition coefficient (Wildman–Crippen LogP) is 2.48. The molecule has 0 aromatic heterocycles. The molecule has 1 aliphatic rings. The van der Waals surface area contributed by atoms with Crippen LogP contribution in [-0.2, 0) is 11.2 Å². The van der Waals surface area contributed by atoms with Crippen LogP contribution in [0.4, 0.5) is 0 Å². The van der Waals surface area contributed by atoms with Gasteiger partial charge in [-0.2, -0.15) is 0 Å². The number of carbonyl (C=O) groups excluding carboxylic acids is 1. The van der Waals surface area contributed by atoms with Gasteiger partial charge < -0.3 is 15.0 Å². The van der Waals surface area contributed by atoms with Crippen molar-refractivity contribution in [3.05, 3.63) is 29.8 Å². The van der Waals surface area contributed by atoms with Gasteiger partial charge in [0.2, 0.25) is 5.91 Å². The first-order valence-corrected chi connectivity index (χ1v) is 8.39. The highest BCUT2D eigenvalue weighted by Gasteiger charge is 2.20. The van der Waals surface area contributed by atoms with Crippen LogP contribution in [0, 0.1) is 5.92 Å². The number of benzene rings is 1. The minimum atomic E-state index is 0.243. The molecule has 1 aromatic carbocycles. The molecule has 1 aliphatic heterocycles. The molecule has 0 unspecified atom stereocenters. The summed E-state index contributed by atoms with van der Waals surface area (Å²) in [7, 11) is 0. The topological polar surface area (TPSA) is 41.6 Å². The highest BCUT2D eigenvalue weighted by Crippen LogP contribution is 2.18. The Labute approximate surface area is 133 Å². The van der Waals surface area contributed by atoms with E-state index in [0.29, 0.717) is 13.0 Å². The van der Waals surface area contributed by atoms with E-state index in [1.807, 2.05) is 29.2 Å². The minimum Gasteiger partial charge on any atom is -0.492 e. The lowest BCUT2D eigenvalue weighted by Crippen LogP contribution is -2.38. The second-order valence-electron chi connectivity index (χ2n) is 6.09. The fourth-order valence-corrected chi connectivity index (χ4v) is 2.67. The van der Waals surface area contributed by atoms with E-state index in [-0.39, 0.29) is 5.91 Å². The van der Waals surface area contributed by atoms with Crippen molar-refractivity contribution in [3.63, 3.8) is 0 Å². The molecular formula is C18H28N2O2. The van der Waals surface area contributed by atoms with E-state index >= 15 is 0 Å². The number of nitrogens with one attached hydrogen (secondary N) is 1. The maximum Gasteiger partial charge on any atom is 0.226 e. The molecule has 0 radical (unpaired) electrons. The molecule has 0 atom stereocenters. The molecule has 1 heterocycles. The van der Waals surface area contributed by atoms with Crippen LogP contribution in [-0.4, -0.2) is 43.6 Å². The van der Waals surface area contributed by atoms with E-state index in [1.54, 1.807) is 0 Å². The first-order chi connectivity index (χ1) is 10.7. The van der Waals surface area contributed by atoms with Gasteiger partial charge in [0.05, 0.1) is 6.42 Å². The van der Waals surface area contributed by atoms with E-state index < -0.39 is 0 Å². The summed E-state index contributed by atoms with van der Waals surface area (Å²) < 4.78 is 5.64. The number of likely N-dealkylation sites (N-methyl/N-ethyl adjacent to an activating group) is 1. The van der Waals surface area contributed by atoms with Gasteiger partial charge in [0.25, 0.3) is 0 Å². The maximum absolute atomic E-state index is 12.3. The number of rotatable bonds is 7. The quantitative estimate of drug-likeness (QED) is 0.787. The van der Waals surface area contributed by atoms with Crippen molar-refractivity contribution in [1.82, 2.24) is 10.2 Å². The van der Waals surface area contributed by atoms with Crippen LogP contribution in [0.5, 0.6) is 5.75 Å². The van der Waals surface area contributed by atoms with Gasteiger partial charge in [0.15, 0.2) is 0 Å². The second-order valence-corrected chi connectivity index (χ2v) is 6.09. The lowest BCUT2D eigenvalue weighted by Gasteiger charge is -2.30. The van der Waals surface area contributed by atoms with Crippen molar-refractivity contribution in [2.75, 3.05) is 32.8 Å². The molecule has 1 N–H and O–H groups in total. The molecule has 22 heavy (non-hydrogen) atoms. The molecule has 0 saturated carbocycles. The molecule has 1 aromatic rings. The molecule has 1 amide bonds. The summed E-state index contributed by atoms with van der Waals surface area (Å²) in [6.45, 7) is 8.63. The van der Waals surface area contributed by atoms with Crippen molar-refractivity contribution >= 4 is 5.91 Å². The number of hydrogen-bond acceptors (Lipinski definition) is 3. The lowest BCUT2D eigenvalue weighted by atomic mass is 9.98. The average Bonchev–Trinajstić information content (AvgIpc) is 2.54. The smallest absolute Gasteiger partial charge is 0.226 e. The van der Waals surface area contributed by atoms with E-state index in [4.69, 9.17) is 4.74 Å². The molecular weight excluding hydrogens is 276 g/mol. The summed E-state index contributed by atoms with van der Waals surface area (Å²) in [5.41, 5.74) is 1.06. The van der Waals surface area contributed by atoms with Crippen LogP contribution in [0.1, 0.15) is 32.3 Å². The highest BCUT2D eigenvalue weighted by atomic mass is 16.5. The molecule has 1 saturated heterocycles.